The fourth-order valence-corrected chi connectivity index (χ4v) is 4.61. The van der Waals surface area contributed by atoms with E-state index in [4.69, 9.17) is 21.5 Å². The number of hydrogen-bond donors (Lipinski definition) is 3. The van der Waals surface area contributed by atoms with Gasteiger partial charge in [-0.05, 0) is 86.9 Å². The van der Waals surface area contributed by atoms with Gasteiger partial charge in [0.2, 0.25) is 11.9 Å². The number of aryl methyl sites for hydroxylation is 1. The topological polar surface area (TPSA) is 127 Å². The number of carbonyl (C=O) groups is 1. The Bertz CT molecular complexity index is 1340. The zero-order chi connectivity index (χ0) is 25.2. The molecule has 3 heterocycles. The van der Waals surface area contributed by atoms with Crippen molar-refractivity contribution in [2.45, 2.75) is 51.5 Å². The lowest BCUT2D eigenvalue weighted by atomic mass is 10.1. The van der Waals surface area contributed by atoms with E-state index in [2.05, 4.69) is 15.2 Å². The third-order valence-electron chi connectivity index (χ3n) is 6.74. The second-order valence-electron chi connectivity index (χ2n) is 9.57. The van der Waals surface area contributed by atoms with Crippen LogP contribution < -0.4 is 21.7 Å². The molecule has 0 bridgehead atoms. The summed E-state index contributed by atoms with van der Waals surface area (Å²) in [6.45, 7) is 2.47. The van der Waals surface area contributed by atoms with Crippen LogP contribution in [0, 0.1) is 18.7 Å². The molecule has 10 heteroatoms. The number of benzene rings is 1. The van der Waals surface area contributed by atoms with Crippen molar-refractivity contribution in [2.75, 3.05) is 16.8 Å². The highest BCUT2D eigenvalue weighted by atomic mass is 19.1. The van der Waals surface area contributed by atoms with Gasteiger partial charge < -0.3 is 21.7 Å². The quantitative estimate of drug-likeness (QED) is 0.326. The molecule has 2 aromatic heterocycles. The van der Waals surface area contributed by atoms with Crippen LogP contribution in [0.15, 0.2) is 53.3 Å². The van der Waals surface area contributed by atoms with Gasteiger partial charge in [-0.2, -0.15) is 4.98 Å². The number of amidine groups is 1. The number of nitrogens with zero attached hydrogens (tertiary/aromatic N) is 5. The third kappa shape index (κ3) is 5.32. The molecule has 1 saturated heterocycles. The van der Waals surface area contributed by atoms with E-state index in [-0.39, 0.29) is 17.8 Å². The summed E-state index contributed by atoms with van der Waals surface area (Å²) < 4.78 is 15.3. The van der Waals surface area contributed by atoms with Crippen molar-refractivity contribution in [2.24, 2.45) is 22.4 Å². The van der Waals surface area contributed by atoms with Gasteiger partial charge in [0.1, 0.15) is 17.2 Å². The first-order valence-corrected chi connectivity index (χ1v) is 12.4. The van der Waals surface area contributed by atoms with Gasteiger partial charge in [0.25, 0.3) is 0 Å². The summed E-state index contributed by atoms with van der Waals surface area (Å²) in [5, 5.41) is 7.55. The summed E-state index contributed by atoms with van der Waals surface area (Å²) in [6.07, 6.45) is 8.68. The molecule has 0 spiro atoms. The largest absolute Gasteiger partial charge is 0.402 e. The standard InChI is InChI=1S/C26H31FN8O/c1-16-14-18(8-10-20(16)27)30-24(36)11-9-19-4-2-12-34(19)26-32-25(22-5-3-13-35(22)33-26)31-23(29)15-21(28)17-6-7-17/h3,5,8,10,13-15,17,19H,2,4,6-7,9,11-12,28H2,1H3,(H,30,36)(H2,29,31,32,33)/b21-15-/t19-/m1/s1. The van der Waals surface area contributed by atoms with E-state index in [1.165, 1.54) is 6.07 Å². The van der Waals surface area contributed by atoms with Gasteiger partial charge in [-0.1, -0.05) is 0 Å². The van der Waals surface area contributed by atoms with Crippen LogP contribution in [0.1, 0.15) is 44.1 Å². The number of aliphatic imine (C=N–C) groups is 1. The fraction of sp³-hybridized carbons (Fsp3) is 0.385. The first kappa shape index (κ1) is 23.8. The summed E-state index contributed by atoms with van der Waals surface area (Å²) in [5.74, 6) is 1.37. The molecule has 5 N–H and O–H groups in total. The van der Waals surface area contributed by atoms with Gasteiger partial charge in [0.15, 0.2) is 5.82 Å². The maximum atomic E-state index is 13.5. The van der Waals surface area contributed by atoms with Crippen LogP contribution in [-0.4, -0.2) is 38.9 Å². The van der Waals surface area contributed by atoms with E-state index in [0.717, 1.165) is 43.4 Å². The molecule has 188 valence electrons. The molecule has 1 aromatic carbocycles. The molecule has 1 saturated carbocycles. The van der Waals surface area contributed by atoms with Crippen LogP contribution >= 0.6 is 0 Å². The smallest absolute Gasteiger partial charge is 0.245 e. The van der Waals surface area contributed by atoms with E-state index in [0.29, 0.717) is 47.6 Å². The molecule has 1 aliphatic carbocycles. The number of amides is 1. The van der Waals surface area contributed by atoms with Crippen molar-refractivity contribution in [1.82, 2.24) is 14.6 Å². The summed E-state index contributed by atoms with van der Waals surface area (Å²) in [5.41, 5.74) is 14.9. The molecule has 1 atom stereocenters. The predicted octanol–water partition coefficient (Wildman–Crippen LogP) is 3.81. The zero-order valence-electron chi connectivity index (χ0n) is 20.3. The van der Waals surface area contributed by atoms with E-state index in [1.54, 1.807) is 29.6 Å². The third-order valence-corrected chi connectivity index (χ3v) is 6.74. The Hall–Kier alpha value is -3.95. The maximum Gasteiger partial charge on any atom is 0.245 e. The highest BCUT2D eigenvalue weighted by Crippen LogP contribution is 2.34. The molecular weight excluding hydrogens is 459 g/mol. The highest BCUT2D eigenvalue weighted by molar-refractivity contribution is 5.95. The molecule has 36 heavy (non-hydrogen) atoms. The van der Waals surface area contributed by atoms with E-state index < -0.39 is 0 Å². The number of allylic oxidation sites excluding steroid dienone is 1. The second kappa shape index (κ2) is 9.96. The molecule has 1 amide bonds. The lowest BCUT2D eigenvalue weighted by molar-refractivity contribution is -0.116. The van der Waals surface area contributed by atoms with Gasteiger partial charge in [0.05, 0.1) is 0 Å². The Morgan fingerprint density at radius 1 is 1.28 bits per heavy atom. The Morgan fingerprint density at radius 2 is 2.11 bits per heavy atom. The molecule has 1 aliphatic heterocycles. The number of halogens is 1. The number of nitrogens with one attached hydrogen (secondary N) is 1. The Morgan fingerprint density at radius 3 is 2.89 bits per heavy atom. The van der Waals surface area contributed by atoms with Crippen molar-refractivity contribution in [3.63, 3.8) is 0 Å². The first-order valence-electron chi connectivity index (χ1n) is 12.4. The molecular formula is C26H31FN8O. The highest BCUT2D eigenvalue weighted by Gasteiger charge is 2.28. The zero-order valence-corrected chi connectivity index (χ0v) is 20.3. The number of carbonyl (C=O) groups excluding carboxylic acids is 1. The monoisotopic (exact) mass is 490 g/mol. The van der Waals surface area contributed by atoms with Crippen molar-refractivity contribution < 1.29 is 9.18 Å². The number of fused-ring (bicyclic) bond motifs is 1. The molecule has 0 unspecified atom stereocenters. The van der Waals surface area contributed by atoms with Crippen molar-refractivity contribution in [3.8, 4) is 0 Å². The summed E-state index contributed by atoms with van der Waals surface area (Å²) in [6, 6.07) is 8.48. The Balaban J connectivity index is 1.30. The minimum Gasteiger partial charge on any atom is -0.402 e. The minimum absolute atomic E-state index is 0.104. The summed E-state index contributed by atoms with van der Waals surface area (Å²) in [4.78, 5) is 24.0. The van der Waals surface area contributed by atoms with Gasteiger partial charge in [0, 0.05) is 36.6 Å². The maximum absolute atomic E-state index is 13.5. The van der Waals surface area contributed by atoms with Crippen LogP contribution in [0.5, 0.6) is 0 Å². The lowest BCUT2D eigenvalue weighted by Gasteiger charge is -2.24. The normalized spacial score (nSPS) is 18.7. The van der Waals surface area contributed by atoms with Gasteiger partial charge in [-0.25, -0.2) is 13.9 Å². The van der Waals surface area contributed by atoms with Crippen molar-refractivity contribution in [3.05, 3.63) is 59.7 Å². The minimum atomic E-state index is -0.290. The number of anilines is 2. The van der Waals surface area contributed by atoms with Gasteiger partial charge in [-0.15, -0.1) is 5.10 Å². The number of nitrogens with two attached hydrogens (primary N) is 2. The lowest BCUT2D eigenvalue weighted by Crippen LogP contribution is -2.32. The fourth-order valence-electron chi connectivity index (χ4n) is 4.61. The van der Waals surface area contributed by atoms with Crippen LogP contribution in [0.3, 0.4) is 0 Å². The average Bonchev–Trinajstić information content (AvgIpc) is 3.40. The summed E-state index contributed by atoms with van der Waals surface area (Å²) >= 11 is 0. The van der Waals surface area contributed by atoms with Crippen LogP contribution in [0.25, 0.3) is 5.52 Å². The number of rotatable bonds is 8. The van der Waals surface area contributed by atoms with E-state index in [9.17, 15) is 9.18 Å². The Kier molecular flexibility index (Phi) is 6.58. The molecule has 5 rings (SSSR count). The van der Waals surface area contributed by atoms with Crippen LogP contribution in [0.4, 0.5) is 21.8 Å². The van der Waals surface area contributed by atoms with Gasteiger partial charge in [-0.3, -0.25) is 4.79 Å². The van der Waals surface area contributed by atoms with Gasteiger partial charge >= 0.3 is 0 Å². The van der Waals surface area contributed by atoms with Crippen molar-refractivity contribution >= 4 is 34.7 Å². The summed E-state index contributed by atoms with van der Waals surface area (Å²) in [7, 11) is 0. The number of aromatic nitrogens is 3. The Labute approximate surface area is 209 Å². The first-order chi connectivity index (χ1) is 17.4. The average molecular weight is 491 g/mol. The molecule has 9 nitrogen and oxygen atoms in total. The molecule has 0 radical (unpaired) electrons. The van der Waals surface area contributed by atoms with Crippen LogP contribution in [0.2, 0.25) is 0 Å². The van der Waals surface area contributed by atoms with E-state index in [1.807, 2.05) is 18.3 Å². The molecule has 2 fully saturated rings. The van der Waals surface area contributed by atoms with Crippen molar-refractivity contribution in [1.29, 1.82) is 0 Å². The van der Waals surface area contributed by atoms with E-state index >= 15 is 0 Å². The second-order valence-corrected chi connectivity index (χ2v) is 9.57. The predicted molar refractivity (Wildman–Crippen MR) is 139 cm³/mol. The molecule has 2 aliphatic rings. The SMILES string of the molecule is Cc1cc(NC(=O)CC[C@H]2CCCN2c2nc(N=C(N)/C=C(\N)C3CC3)c3cccn3n2)ccc1F. The van der Waals surface area contributed by atoms with Crippen LogP contribution in [-0.2, 0) is 4.79 Å². The number of hydrogen-bond acceptors (Lipinski definition) is 6. The molecule has 3 aromatic rings.